The van der Waals surface area contributed by atoms with E-state index in [9.17, 15) is 4.79 Å². The summed E-state index contributed by atoms with van der Waals surface area (Å²) in [6.07, 6.45) is 1.41. The molecule has 0 aliphatic carbocycles. The first-order valence-electron chi connectivity index (χ1n) is 7.86. The van der Waals surface area contributed by atoms with Crippen molar-refractivity contribution in [3.05, 3.63) is 39.6 Å². The number of hydrogen-bond donors (Lipinski definition) is 2. The molecule has 1 aromatic rings. The van der Waals surface area contributed by atoms with Crippen LogP contribution in [0, 0.1) is 13.8 Å². The lowest BCUT2D eigenvalue weighted by Gasteiger charge is -2.38. The van der Waals surface area contributed by atoms with Crippen LogP contribution in [0.5, 0.6) is 0 Å². The first-order valence-corrected chi connectivity index (χ1v) is 8.61. The molecule has 1 aromatic carbocycles. The molecular weight excluding hydrogens is 348 g/mol. The number of hydrogen-bond acceptors (Lipinski definition) is 5. The van der Waals surface area contributed by atoms with Gasteiger partial charge in [0.25, 0.3) is 5.91 Å². The number of carbonyl (C=O) groups excluding carboxylic acids is 1. The summed E-state index contributed by atoms with van der Waals surface area (Å²) in [6.45, 7) is 5.32. The largest absolute Gasteiger partial charge is 0.430 e. The Labute approximate surface area is 152 Å². The van der Waals surface area contributed by atoms with Gasteiger partial charge in [-0.15, -0.1) is 0 Å². The highest BCUT2D eigenvalue weighted by Gasteiger charge is 2.49. The third kappa shape index (κ3) is 2.81. The minimum absolute atomic E-state index is 0.126. The van der Waals surface area contributed by atoms with Crippen LogP contribution >= 0.6 is 24.5 Å². The van der Waals surface area contributed by atoms with Crippen molar-refractivity contribution in [2.45, 2.75) is 32.2 Å². The summed E-state index contributed by atoms with van der Waals surface area (Å²) in [6, 6.07) is 3.72. The molecule has 1 spiro atoms. The minimum atomic E-state index is -0.526. The van der Waals surface area contributed by atoms with E-state index < -0.39 is 5.54 Å². The van der Waals surface area contributed by atoms with Crippen molar-refractivity contribution in [1.82, 2.24) is 10.4 Å². The smallest absolute Gasteiger partial charge is 0.256 e. The van der Waals surface area contributed by atoms with Crippen LogP contribution in [0.25, 0.3) is 5.57 Å². The SMILES string of the molecule is CON1CCC2(CC1)NC(=O)C(c1c(C)cc(Cl)cc1C)=C2OS. The summed E-state index contributed by atoms with van der Waals surface area (Å²) >= 11 is 10.2. The van der Waals surface area contributed by atoms with Crippen molar-refractivity contribution in [3.63, 3.8) is 0 Å². The van der Waals surface area contributed by atoms with E-state index in [1.807, 2.05) is 31.0 Å². The molecule has 0 bridgehead atoms. The second-order valence-electron chi connectivity index (χ2n) is 6.36. The molecule has 2 aliphatic heterocycles. The molecular formula is C17H21ClN2O3S. The zero-order chi connectivity index (χ0) is 17.5. The van der Waals surface area contributed by atoms with Crippen LogP contribution < -0.4 is 5.32 Å². The van der Waals surface area contributed by atoms with Gasteiger partial charge in [0.15, 0.2) is 5.76 Å². The quantitative estimate of drug-likeness (QED) is 0.636. The Bertz CT molecular complexity index is 689. The molecule has 1 amide bonds. The molecule has 0 aromatic heterocycles. The van der Waals surface area contributed by atoms with E-state index in [1.54, 1.807) is 7.11 Å². The van der Waals surface area contributed by atoms with Crippen LogP contribution in [0.1, 0.15) is 29.5 Å². The molecule has 1 N–H and O–H groups in total. The van der Waals surface area contributed by atoms with Crippen molar-refractivity contribution >= 4 is 36.0 Å². The van der Waals surface area contributed by atoms with Crippen LogP contribution in [0.2, 0.25) is 5.02 Å². The number of carbonyl (C=O) groups is 1. The van der Waals surface area contributed by atoms with Crippen LogP contribution in [-0.2, 0) is 13.8 Å². The summed E-state index contributed by atoms with van der Waals surface area (Å²) in [5, 5.41) is 5.67. The minimum Gasteiger partial charge on any atom is -0.430 e. The fourth-order valence-corrected chi connectivity index (χ4v) is 4.34. The third-order valence-electron chi connectivity index (χ3n) is 4.91. The highest BCUT2D eigenvalue weighted by molar-refractivity contribution is 7.75. The molecule has 24 heavy (non-hydrogen) atoms. The van der Waals surface area contributed by atoms with Crippen LogP contribution in [0.3, 0.4) is 0 Å². The van der Waals surface area contributed by atoms with Crippen LogP contribution in [-0.4, -0.2) is 36.7 Å². The van der Waals surface area contributed by atoms with E-state index in [0.717, 1.165) is 16.7 Å². The maximum atomic E-state index is 12.8. The van der Waals surface area contributed by atoms with Gasteiger partial charge in [-0.05, 0) is 55.5 Å². The number of amides is 1. The van der Waals surface area contributed by atoms with Gasteiger partial charge in [-0.25, -0.2) is 0 Å². The monoisotopic (exact) mass is 368 g/mol. The number of nitrogens with one attached hydrogen (secondary N) is 1. The lowest BCUT2D eigenvalue weighted by molar-refractivity contribution is -0.152. The summed E-state index contributed by atoms with van der Waals surface area (Å²) in [5.74, 6) is 0.471. The molecule has 7 heteroatoms. The zero-order valence-electron chi connectivity index (χ0n) is 14.0. The fourth-order valence-electron chi connectivity index (χ4n) is 3.75. The summed E-state index contributed by atoms with van der Waals surface area (Å²) in [7, 11) is 1.66. The first-order chi connectivity index (χ1) is 11.4. The molecule has 1 saturated heterocycles. The van der Waals surface area contributed by atoms with Gasteiger partial charge in [0, 0.05) is 31.0 Å². The van der Waals surface area contributed by atoms with Crippen LogP contribution in [0.4, 0.5) is 0 Å². The number of hydroxylamine groups is 2. The molecule has 0 radical (unpaired) electrons. The standard InChI is InChI=1S/C17H21ClN2O3S/c1-10-8-12(18)9-11(2)13(10)14-15(23-24)17(19-16(14)21)4-6-20(22-3)7-5-17/h8-9,24H,4-7H2,1-3H3,(H,19,21). The maximum absolute atomic E-state index is 12.8. The van der Waals surface area contributed by atoms with E-state index >= 15 is 0 Å². The Balaban J connectivity index is 2.09. The topological polar surface area (TPSA) is 50.8 Å². The number of rotatable bonds is 3. The molecule has 0 saturated carbocycles. The highest BCUT2D eigenvalue weighted by Crippen LogP contribution is 2.43. The third-order valence-corrected chi connectivity index (χ3v) is 5.32. The van der Waals surface area contributed by atoms with Gasteiger partial charge in [0.2, 0.25) is 0 Å². The molecule has 2 heterocycles. The predicted molar refractivity (Wildman–Crippen MR) is 96.6 cm³/mol. The van der Waals surface area contributed by atoms with E-state index in [1.165, 1.54) is 0 Å². The molecule has 0 atom stereocenters. The highest BCUT2D eigenvalue weighted by atomic mass is 35.5. The Morgan fingerprint density at radius 1 is 1.25 bits per heavy atom. The van der Waals surface area contributed by atoms with Gasteiger partial charge in [-0.3, -0.25) is 4.79 Å². The average Bonchev–Trinajstić information content (AvgIpc) is 2.79. The van der Waals surface area contributed by atoms with Gasteiger partial charge in [-0.1, -0.05) is 11.6 Å². The molecule has 1 fully saturated rings. The van der Waals surface area contributed by atoms with Gasteiger partial charge >= 0.3 is 0 Å². The average molecular weight is 369 g/mol. The fraction of sp³-hybridized carbons (Fsp3) is 0.471. The Kier molecular flexibility index (Phi) is 4.84. The first kappa shape index (κ1) is 17.6. The normalized spacial score (nSPS) is 20.6. The predicted octanol–water partition coefficient (Wildman–Crippen LogP) is 3.06. The van der Waals surface area contributed by atoms with Gasteiger partial charge in [-0.2, -0.15) is 5.06 Å². The van der Waals surface area contributed by atoms with Crippen LogP contribution in [0.15, 0.2) is 17.9 Å². The van der Waals surface area contributed by atoms with E-state index in [2.05, 4.69) is 18.2 Å². The second kappa shape index (κ2) is 6.59. The Morgan fingerprint density at radius 2 is 1.83 bits per heavy atom. The van der Waals surface area contributed by atoms with E-state index in [-0.39, 0.29) is 5.91 Å². The molecule has 3 rings (SSSR count). The summed E-state index contributed by atoms with van der Waals surface area (Å²) in [5.41, 5.74) is 2.79. The van der Waals surface area contributed by atoms with Crippen molar-refractivity contribution in [1.29, 1.82) is 0 Å². The maximum Gasteiger partial charge on any atom is 0.256 e. The van der Waals surface area contributed by atoms with E-state index in [4.69, 9.17) is 20.6 Å². The summed E-state index contributed by atoms with van der Waals surface area (Å²) < 4.78 is 5.45. The number of nitrogens with zero attached hydrogens (tertiary/aromatic N) is 1. The zero-order valence-corrected chi connectivity index (χ0v) is 15.6. The Morgan fingerprint density at radius 3 is 2.33 bits per heavy atom. The van der Waals surface area contributed by atoms with Gasteiger partial charge < -0.3 is 14.3 Å². The summed E-state index contributed by atoms with van der Waals surface area (Å²) in [4.78, 5) is 18.1. The molecule has 130 valence electrons. The van der Waals surface area contributed by atoms with Crippen molar-refractivity contribution in [2.24, 2.45) is 0 Å². The number of halogens is 1. The molecule has 5 nitrogen and oxygen atoms in total. The van der Waals surface area contributed by atoms with Crippen molar-refractivity contribution in [3.8, 4) is 0 Å². The lowest BCUT2D eigenvalue weighted by atomic mass is 9.85. The number of benzene rings is 1. The number of aryl methyl sites for hydroxylation is 2. The number of piperidine rings is 1. The van der Waals surface area contributed by atoms with Gasteiger partial charge in [0.05, 0.1) is 12.7 Å². The number of thiol groups is 1. The van der Waals surface area contributed by atoms with Crippen molar-refractivity contribution in [2.75, 3.05) is 20.2 Å². The van der Waals surface area contributed by atoms with Crippen molar-refractivity contribution < 1.29 is 13.8 Å². The second-order valence-corrected chi connectivity index (χ2v) is 6.98. The Hall–Kier alpha value is -1.21. The lowest BCUT2D eigenvalue weighted by Crippen LogP contribution is -2.52. The van der Waals surface area contributed by atoms with Gasteiger partial charge in [0.1, 0.15) is 5.54 Å². The molecule has 0 unspecified atom stereocenters. The molecule has 2 aliphatic rings. The van der Waals surface area contributed by atoms with E-state index in [0.29, 0.717) is 42.3 Å².